The van der Waals surface area contributed by atoms with Crippen molar-refractivity contribution < 1.29 is 64.3 Å². The minimum absolute atomic E-state index is 0.412. The molecule has 2 saturated heterocycles. The number of rotatable bonds is 8. The number of carbonyl (C=O) groups excluding carboxylic acids is 1. The molecule has 176 valence electrons. The maximum atomic E-state index is 11.4. The van der Waals surface area contributed by atoms with Crippen LogP contribution in [-0.2, 0) is 23.8 Å². The molecule has 1 amide bonds. The van der Waals surface area contributed by atoms with E-state index < -0.39 is 86.8 Å². The molecule has 0 saturated carbocycles. The number of aliphatic hydroxyl groups excluding tert-OH is 7. The standard InChI is InChI=1S/C16H29NO13/c1-6(2)27-15(25)17-26-4-8-9(20)11(22)12(23)14(28-8)30-16(5-19)13(24)10(21)7(3-18)29-16/h6-14,18-24H,3-5H2,1-2H3,(H,17,25)/t7-,8-,9-,10-,11+,12-,13+,14-,16+/m1/s1. The molecule has 2 aliphatic rings. The van der Waals surface area contributed by atoms with Crippen LogP contribution in [0.25, 0.3) is 0 Å². The zero-order valence-corrected chi connectivity index (χ0v) is 16.4. The molecule has 0 bridgehead atoms. The maximum absolute atomic E-state index is 11.4. The van der Waals surface area contributed by atoms with E-state index >= 15 is 0 Å². The van der Waals surface area contributed by atoms with Crippen LogP contribution in [-0.4, -0.2) is 123 Å². The Labute approximate surface area is 171 Å². The Bertz CT molecular complexity index is 565. The number of hydrogen-bond acceptors (Lipinski definition) is 13. The highest BCUT2D eigenvalue weighted by Crippen LogP contribution is 2.35. The quantitative estimate of drug-likeness (QED) is 0.167. The smallest absolute Gasteiger partial charge is 0.431 e. The van der Waals surface area contributed by atoms with Crippen LogP contribution in [0.2, 0.25) is 0 Å². The third-order valence-electron chi connectivity index (χ3n) is 4.64. The number of aliphatic hydroxyl groups is 7. The average Bonchev–Trinajstić information content (AvgIpc) is 2.94. The minimum Gasteiger partial charge on any atom is -0.445 e. The van der Waals surface area contributed by atoms with Crippen molar-refractivity contribution in [3.8, 4) is 0 Å². The van der Waals surface area contributed by atoms with Gasteiger partial charge in [0, 0.05) is 0 Å². The van der Waals surface area contributed by atoms with Gasteiger partial charge in [-0.3, -0.25) is 4.84 Å². The molecule has 2 heterocycles. The van der Waals surface area contributed by atoms with Crippen LogP contribution in [0.1, 0.15) is 13.8 Å². The molecule has 0 radical (unpaired) electrons. The Balaban J connectivity index is 2.04. The van der Waals surface area contributed by atoms with Gasteiger partial charge in [0.25, 0.3) is 0 Å². The van der Waals surface area contributed by atoms with Gasteiger partial charge in [-0.25, -0.2) is 4.79 Å². The number of nitrogens with one attached hydrogen (secondary N) is 1. The molecule has 0 spiro atoms. The number of hydrogen-bond donors (Lipinski definition) is 8. The second-order valence-corrected chi connectivity index (χ2v) is 7.24. The van der Waals surface area contributed by atoms with E-state index in [1.807, 2.05) is 5.48 Å². The van der Waals surface area contributed by atoms with Crippen molar-refractivity contribution in [1.82, 2.24) is 5.48 Å². The molecular weight excluding hydrogens is 414 g/mol. The zero-order valence-electron chi connectivity index (χ0n) is 16.4. The van der Waals surface area contributed by atoms with Gasteiger partial charge in [0.05, 0.1) is 12.7 Å². The lowest BCUT2D eigenvalue weighted by Gasteiger charge is -2.43. The zero-order chi connectivity index (χ0) is 22.6. The molecular formula is C16H29NO13. The first-order valence-electron chi connectivity index (χ1n) is 9.27. The van der Waals surface area contributed by atoms with Gasteiger partial charge < -0.3 is 54.7 Å². The Hall–Kier alpha value is -1.17. The predicted molar refractivity (Wildman–Crippen MR) is 92.3 cm³/mol. The number of ether oxygens (including phenoxy) is 4. The van der Waals surface area contributed by atoms with Gasteiger partial charge in [-0.15, -0.1) is 0 Å². The summed E-state index contributed by atoms with van der Waals surface area (Å²) in [5.41, 5.74) is 1.94. The Morgan fingerprint density at radius 3 is 2.23 bits per heavy atom. The Kier molecular flexibility index (Phi) is 8.72. The molecule has 2 fully saturated rings. The first-order valence-corrected chi connectivity index (χ1v) is 9.27. The highest BCUT2D eigenvalue weighted by atomic mass is 16.8. The monoisotopic (exact) mass is 443 g/mol. The van der Waals surface area contributed by atoms with E-state index in [2.05, 4.69) is 0 Å². The molecule has 8 N–H and O–H groups in total. The SMILES string of the molecule is CC(C)OC(=O)NOC[C@H]1O[C@H](O[C@]2(CO)O[C@H](CO)[C@@H](O)[C@@H]2O)[C@H](O)[C@@H](O)[C@@H]1O. The van der Waals surface area contributed by atoms with Crippen LogP contribution < -0.4 is 5.48 Å². The van der Waals surface area contributed by atoms with Crippen molar-refractivity contribution in [2.45, 2.75) is 74.8 Å². The van der Waals surface area contributed by atoms with Crippen LogP contribution >= 0.6 is 0 Å². The molecule has 0 aromatic carbocycles. The lowest BCUT2D eigenvalue weighted by atomic mass is 9.99. The average molecular weight is 443 g/mol. The Morgan fingerprint density at radius 2 is 1.70 bits per heavy atom. The normalized spacial score (nSPS) is 41.8. The molecule has 9 atom stereocenters. The van der Waals surface area contributed by atoms with Crippen molar-refractivity contribution in [3.05, 3.63) is 0 Å². The molecule has 0 aliphatic carbocycles. The van der Waals surface area contributed by atoms with Crippen molar-refractivity contribution in [3.63, 3.8) is 0 Å². The second kappa shape index (κ2) is 10.4. The van der Waals surface area contributed by atoms with Gasteiger partial charge in [0.15, 0.2) is 6.29 Å². The van der Waals surface area contributed by atoms with Gasteiger partial charge in [0.2, 0.25) is 5.79 Å². The summed E-state index contributed by atoms with van der Waals surface area (Å²) < 4.78 is 20.7. The first kappa shape index (κ1) is 25.1. The van der Waals surface area contributed by atoms with Crippen LogP contribution in [0.5, 0.6) is 0 Å². The molecule has 0 aromatic heterocycles. The summed E-state index contributed by atoms with van der Waals surface area (Å²) in [4.78, 5) is 16.3. The molecule has 0 unspecified atom stereocenters. The fraction of sp³-hybridized carbons (Fsp3) is 0.938. The molecule has 14 nitrogen and oxygen atoms in total. The van der Waals surface area contributed by atoms with E-state index in [1.165, 1.54) is 0 Å². The van der Waals surface area contributed by atoms with Gasteiger partial charge in [-0.05, 0) is 13.8 Å². The van der Waals surface area contributed by atoms with Gasteiger partial charge in [-0.1, -0.05) is 0 Å². The highest BCUT2D eigenvalue weighted by Gasteiger charge is 2.58. The van der Waals surface area contributed by atoms with Crippen molar-refractivity contribution >= 4 is 6.09 Å². The fourth-order valence-corrected chi connectivity index (χ4v) is 3.04. The molecule has 2 rings (SSSR count). The summed E-state index contributed by atoms with van der Waals surface area (Å²) >= 11 is 0. The van der Waals surface area contributed by atoms with Gasteiger partial charge in [0.1, 0.15) is 55.9 Å². The van der Waals surface area contributed by atoms with E-state index in [1.54, 1.807) is 13.8 Å². The van der Waals surface area contributed by atoms with Crippen LogP contribution in [0.3, 0.4) is 0 Å². The number of amides is 1. The van der Waals surface area contributed by atoms with E-state index in [0.717, 1.165) is 0 Å². The van der Waals surface area contributed by atoms with Crippen LogP contribution in [0.15, 0.2) is 0 Å². The fourth-order valence-electron chi connectivity index (χ4n) is 3.04. The predicted octanol–water partition coefficient (Wildman–Crippen LogP) is -4.32. The maximum Gasteiger partial charge on any atom is 0.431 e. The number of hydroxylamine groups is 1. The third-order valence-corrected chi connectivity index (χ3v) is 4.64. The summed E-state index contributed by atoms with van der Waals surface area (Å²) in [6, 6.07) is 0. The number of carbonyl (C=O) groups is 1. The molecule has 2 aliphatic heterocycles. The van der Waals surface area contributed by atoms with Crippen molar-refractivity contribution in [2.24, 2.45) is 0 Å². The first-order chi connectivity index (χ1) is 14.1. The summed E-state index contributed by atoms with van der Waals surface area (Å²) in [7, 11) is 0. The highest BCUT2D eigenvalue weighted by molar-refractivity contribution is 5.65. The van der Waals surface area contributed by atoms with Gasteiger partial charge >= 0.3 is 6.09 Å². The van der Waals surface area contributed by atoms with Crippen LogP contribution in [0.4, 0.5) is 4.79 Å². The van der Waals surface area contributed by atoms with Crippen LogP contribution in [0, 0.1) is 0 Å². The summed E-state index contributed by atoms with van der Waals surface area (Å²) in [6.07, 6.45) is -14.5. The Morgan fingerprint density at radius 1 is 1.03 bits per heavy atom. The summed E-state index contributed by atoms with van der Waals surface area (Å²) in [5, 5.41) is 69.3. The summed E-state index contributed by atoms with van der Waals surface area (Å²) in [6.45, 7) is 1.02. The molecule has 30 heavy (non-hydrogen) atoms. The lowest BCUT2D eigenvalue weighted by molar-refractivity contribution is -0.384. The van der Waals surface area contributed by atoms with E-state index in [0.29, 0.717) is 0 Å². The largest absolute Gasteiger partial charge is 0.445 e. The molecule has 0 aromatic rings. The van der Waals surface area contributed by atoms with Gasteiger partial charge in [-0.2, -0.15) is 5.48 Å². The topological polar surface area (TPSA) is 217 Å². The van der Waals surface area contributed by atoms with E-state index in [9.17, 15) is 40.5 Å². The van der Waals surface area contributed by atoms with Crippen molar-refractivity contribution in [1.29, 1.82) is 0 Å². The lowest BCUT2D eigenvalue weighted by Crippen LogP contribution is -2.63. The third kappa shape index (κ3) is 5.35. The van der Waals surface area contributed by atoms with E-state index in [4.69, 9.17) is 23.8 Å². The summed E-state index contributed by atoms with van der Waals surface area (Å²) in [5.74, 6) is -2.29. The van der Waals surface area contributed by atoms with Crippen molar-refractivity contribution in [2.75, 3.05) is 19.8 Å². The minimum atomic E-state index is -2.29. The second-order valence-electron chi connectivity index (χ2n) is 7.24. The molecule has 14 heteroatoms. The van der Waals surface area contributed by atoms with E-state index in [-0.39, 0.29) is 0 Å².